The molecule has 0 unspecified atom stereocenters. The third-order valence-electron chi connectivity index (χ3n) is 3.58. The van der Waals surface area contributed by atoms with Crippen LogP contribution in [0.3, 0.4) is 0 Å². The summed E-state index contributed by atoms with van der Waals surface area (Å²) in [5, 5.41) is 9.14. The van der Waals surface area contributed by atoms with E-state index in [2.05, 4.69) is 29.8 Å². The fraction of sp³-hybridized carbons (Fsp3) is 0.471. The van der Waals surface area contributed by atoms with Crippen LogP contribution >= 0.6 is 10.0 Å². The highest BCUT2D eigenvalue weighted by molar-refractivity contribution is 8.32. The summed E-state index contributed by atoms with van der Waals surface area (Å²) in [6.07, 6.45) is 10.2. The van der Waals surface area contributed by atoms with E-state index in [-0.39, 0.29) is 5.56 Å². The van der Waals surface area contributed by atoms with Gasteiger partial charge in [-0.15, -0.1) is 0 Å². The van der Waals surface area contributed by atoms with Gasteiger partial charge in [0.1, 0.15) is 18.6 Å². The van der Waals surface area contributed by atoms with Crippen molar-refractivity contribution in [1.82, 2.24) is 14.1 Å². The van der Waals surface area contributed by atoms with Crippen LogP contribution in [0, 0.1) is 18.3 Å². The van der Waals surface area contributed by atoms with Crippen molar-refractivity contribution in [1.29, 1.82) is 5.26 Å². The minimum atomic E-state index is -0.597. The molecule has 0 radical (unpaired) electrons. The maximum absolute atomic E-state index is 11.9. The molecule has 0 saturated heterocycles. The third kappa shape index (κ3) is 4.49. The largest absolute Gasteiger partial charge is 0.360 e. The Labute approximate surface area is 144 Å². The lowest BCUT2D eigenvalue weighted by Gasteiger charge is -2.24. The first-order chi connectivity index (χ1) is 11.2. The van der Waals surface area contributed by atoms with Crippen molar-refractivity contribution in [2.24, 2.45) is 7.05 Å². The molecular formula is C17H24N4O2S. The molecule has 0 amide bonds. The molecule has 0 aliphatic heterocycles. The molecule has 130 valence electrons. The van der Waals surface area contributed by atoms with Gasteiger partial charge in [-0.1, -0.05) is 0 Å². The van der Waals surface area contributed by atoms with Crippen LogP contribution in [0.5, 0.6) is 0 Å². The van der Waals surface area contributed by atoms with E-state index in [1.807, 2.05) is 4.57 Å². The van der Waals surface area contributed by atoms with E-state index < -0.39 is 10.0 Å². The first-order valence-electron chi connectivity index (χ1n) is 7.60. The summed E-state index contributed by atoms with van der Waals surface area (Å²) in [6.45, 7) is 2.78. The lowest BCUT2D eigenvalue weighted by Crippen LogP contribution is -2.19. The molecule has 2 aromatic rings. The first kappa shape index (κ1) is 18.3. The summed E-state index contributed by atoms with van der Waals surface area (Å²) in [4.78, 5) is 16.2. The fourth-order valence-electron chi connectivity index (χ4n) is 2.27. The molecule has 0 aromatic carbocycles. The SMILES string of the molecule is Cc1cc(-c2nc(C#N)cn2COCCS(C)(C)C)cn(C)c1=O. The topological polar surface area (TPSA) is 72.8 Å². The van der Waals surface area contributed by atoms with Crippen LogP contribution in [-0.4, -0.2) is 45.2 Å². The average molecular weight is 348 g/mol. The summed E-state index contributed by atoms with van der Waals surface area (Å²) < 4.78 is 9.11. The van der Waals surface area contributed by atoms with E-state index in [1.165, 1.54) is 4.57 Å². The smallest absolute Gasteiger partial charge is 0.253 e. The number of nitriles is 1. The molecule has 0 aliphatic rings. The second-order valence-corrected chi connectivity index (χ2v) is 11.3. The Bertz CT molecular complexity index is 798. The molecular weight excluding hydrogens is 324 g/mol. The van der Waals surface area contributed by atoms with E-state index in [0.717, 1.165) is 11.3 Å². The Morgan fingerprint density at radius 1 is 1.33 bits per heavy atom. The minimum Gasteiger partial charge on any atom is -0.360 e. The van der Waals surface area contributed by atoms with Gasteiger partial charge in [0.25, 0.3) is 5.56 Å². The Morgan fingerprint density at radius 2 is 2.04 bits per heavy atom. The molecule has 0 saturated carbocycles. The molecule has 0 aliphatic carbocycles. The van der Waals surface area contributed by atoms with Crippen molar-refractivity contribution in [3.63, 3.8) is 0 Å². The summed E-state index contributed by atoms with van der Waals surface area (Å²) >= 11 is 0. The molecule has 0 spiro atoms. The number of pyridine rings is 1. The van der Waals surface area contributed by atoms with Gasteiger partial charge in [-0.2, -0.15) is 5.26 Å². The van der Waals surface area contributed by atoms with Gasteiger partial charge in [0, 0.05) is 36.3 Å². The first-order valence-corrected chi connectivity index (χ1v) is 10.6. The highest BCUT2D eigenvalue weighted by Gasteiger charge is 2.13. The Kier molecular flexibility index (Phi) is 5.52. The lowest BCUT2D eigenvalue weighted by atomic mass is 10.2. The maximum Gasteiger partial charge on any atom is 0.253 e. The van der Waals surface area contributed by atoms with Crippen molar-refractivity contribution < 1.29 is 4.74 Å². The van der Waals surface area contributed by atoms with Gasteiger partial charge in [-0.25, -0.2) is 15.0 Å². The monoisotopic (exact) mass is 348 g/mol. The molecule has 24 heavy (non-hydrogen) atoms. The summed E-state index contributed by atoms with van der Waals surface area (Å²) in [5.74, 6) is 1.66. The summed E-state index contributed by atoms with van der Waals surface area (Å²) in [5.41, 5.74) is 1.73. The number of rotatable bonds is 6. The predicted octanol–water partition coefficient (Wildman–Crippen LogP) is 2.10. The van der Waals surface area contributed by atoms with E-state index in [9.17, 15) is 4.79 Å². The fourth-order valence-corrected chi connectivity index (χ4v) is 2.89. The van der Waals surface area contributed by atoms with Crippen LogP contribution in [-0.2, 0) is 18.5 Å². The van der Waals surface area contributed by atoms with Gasteiger partial charge in [0.2, 0.25) is 0 Å². The molecule has 6 nitrogen and oxygen atoms in total. The normalized spacial score (nSPS) is 12.2. The van der Waals surface area contributed by atoms with Gasteiger partial charge in [-0.3, -0.25) is 4.79 Å². The highest BCUT2D eigenvalue weighted by atomic mass is 32.3. The Balaban J connectivity index is 2.26. The Hall–Kier alpha value is -2.04. The minimum absolute atomic E-state index is 0.0400. The van der Waals surface area contributed by atoms with Crippen molar-refractivity contribution in [2.75, 3.05) is 31.1 Å². The number of hydrogen-bond donors (Lipinski definition) is 0. The highest BCUT2D eigenvalue weighted by Crippen LogP contribution is 2.33. The molecule has 0 N–H and O–H groups in total. The number of ether oxygens (including phenoxy) is 1. The standard InChI is InChI=1S/C17H24N4O2S/c1-13-8-14(10-20(2)17(13)22)16-19-15(9-18)11-21(16)12-23-6-7-24(3,4)5/h8,10-11H,6-7,12H2,1-5H3. The third-order valence-corrected chi connectivity index (χ3v) is 4.97. The van der Waals surface area contributed by atoms with Crippen molar-refractivity contribution >= 4 is 10.0 Å². The zero-order valence-corrected chi connectivity index (χ0v) is 15.7. The zero-order chi connectivity index (χ0) is 17.9. The second-order valence-electron chi connectivity index (χ2n) is 6.69. The number of aromatic nitrogens is 3. The number of imidazole rings is 1. The van der Waals surface area contributed by atoms with Gasteiger partial charge in [-0.05, 0) is 31.8 Å². The predicted molar refractivity (Wildman–Crippen MR) is 98.5 cm³/mol. The van der Waals surface area contributed by atoms with Gasteiger partial charge < -0.3 is 13.9 Å². The van der Waals surface area contributed by atoms with Crippen LogP contribution in [0.2, 0.25) is 0 Å². The lowest BCUT2D eigenvalue weighted by molar-refractivity contribution is 0.0907. The zero-order valence-electron chi connectivity index (χ0n) is 14.9. The summed E-state index contributed by atoms with van der Waals surface area (Å²) in [7, 11) is 1.11. The van der Waals surface area contributed by atoms with Crippen LogP contribution in [0.4, 0.5) is 0 Å². The van der Waals surface area contributed by atoms with E-state index in [1.54, 1.807) is 32.4 Å². The van der Waals surface area contributed by atoms with Crippen molar-refractivity contribution in [3.8, 4) is 17.5 Å². The Morgan fingerprint density at radius 3 is 2.62 bits per heavy atom. The molecule has 2 rings (SSSR count). The average Bonchev–Trinajstić information content (AvgIpc) is 2.91. The van der Waals surface area contributed by atoms with Crippen LogP contribution in [0.1, 0.15) is 11.3 Å². The van der Waals surface area contributed by atoms with Gasteiger partial charge in [0.15, 0.2) is 5.69 Å². The van der Waals surface area contributed by atoms with Crippen molar-refractivity contribution in [3.05, 3.63) is 40.1 Å². The van der Waals surface area contributed by atoms with Crippen LogP contribution in [0.25, 0.3) is 11.4 Å². The number of aryl methyl sites for hydroxylation is 2. The van der Waals surface area contributed by atoms with E-state index in [4.69, 9.17) is 10.00 Å². The van der Waals surface area contributed by atoms with E-state index >= 15 is 0 Å². The molecule has 0 atom stereocenters. The molecule has 0 fully saturated rings. The molecule has 0 bridgehead atoms. The van der Waals surface area contributed by atoms with Gasteiger partial charge >= 0.3 is 0 Å². The molecule has 2 heterocycles. The number of hydrogen-bond acceptors (Lipinski definition) is 4. The van der Waals surface area contributed by atoms with Crippen molar-refractivity contribution in [2.45, 2.75) is 13.7 Å². The van der Waals surface area contributed by atoms with Gasteiger partial charge in [0.05, 0.1) is 6.61 Å². The van der Waals surface area contributed by atoms with E-state index in [0.29, 0.717) is 30.4 Å². The molecule has 7 heteroatoms. The maximum atomic E-state index is 11.9. The quantitative estimate of drug-likeness (QED) is 0.750. The molecule has 2 aromatic heterocycles. The van der Waals surface area contributed by atoms with Crippen LogP contribution in [0.15, 0.2) is 23.3 Å². The summed E-state index contributed by atoms with van der Waals surface area (Å²) in [6, 6.07) is 3.85. The van der Waals surface area contributed by atoms with Crippen LogP contribution < -0.4 is 5.56 Å². The second kappa shape index (κ2) is 7.24. The number of nitrogens with zero attached hydrogens (tertiary/aromatic N) is 4.